The van der Waals surface area contributed by atoms with Crippen LogP contribution in [0.4, 0.5) is 0 Å². The van der Waals surface area contributed by atoms with E-state index in [-0.39, 0.29) is 5.91 Å². The van der Waals surface area contributed by atoms with Crippen LogP contribution in [0.1, 0.15) is 20.9 Å². The first kappa shape index (κ1) is 12.3. The van der Waals surface area contributed by atoms with Gasteiger partial charge in [0, 0.05) is 21.6 Å². The number of carbonyl (C=O) groups is 1. The summed E-state index contributed by atoms with van der Waals surface area (Å²) in [7, 11) is 0. The van der Waals surface area contributed by atoms with E-state index in [4.69, 9.17) is 0 Å². The SMILES string of the molecule is Cc1cc(Br)cc(C(=O)NCc2nccs2)c1. The Hall–Kier alpha value is -1.20. The average molecular weight is 311 g/mol. The monoisotopic (exact) mass is 310 g/mol. The van der Waals surface area contributed by atoms with Gasteiger partial charge in [-0.3, -0.25) is 4.79 Å². The average Bonchev–Trinajstić information content (AvgIpc) is 2.77. The van der Waals surface area contributed by atoms with Crippen molar-refractivity contribution in [3.05, 3.63) is 50.4 Å². The highest BCUT2D eigenvalue weighted by atomic mass is 79.9. The lowest BCUT2D eigenvalue weighted by molar-refractivity contribution is 0.0950. The lowest BCUT2D eigenvalue weighted by Gasteiger charge is -2.05. The molecule has 1 heterocycles. The fraction of sp³-hybridized carbons (Fsp3) is 0.167. The van der Waals surface area contributed by atoms with Gasteiger partial charge in [0.2, 0.25) is 0 Å². The first-order valence-corrected chi connectivity index (χ1v) is 6.76. The Balaban J connectivity index is 2.04. The molecule has 17 heavy (non-hydrogen) atoms. The number of rotatable bonds is 3. The molecule has 0 saturated carbocycles. The molecule has 1 N–H and O–H groups in total. The lowest BCUT2D eigenvalue weighted by Crippen LogP contribution is -2.22. The summed E-state index contributed by atoms with van der Waals surface area (Å²) in [4.78, 5) is 16.0. The molecule has 0 atom stereocenters. The molecule has 0 aliphatic heterocycles. The van der Waals surface area contributed by atoms with Gasteiger partial charge in [0.1, 0.15) is 5.01 Å². The summed E-state index contributed by atoms with van der Waals surface area (Å²) in [5.41, 5.74) is 1.72. The van der Waals surface area contributed by atoms with Crippen LogP contribution in [0.3, 0.4) is 0 Å². The maximum atomic E-state index is 11.9. The van der Waals surface area contributed by atoms with Gasteiger partial charge >= 0.3 is 0 Å². The minimum atomic E-state index is -0.0791. The van der Waals surface area contributed by atoms with Crippen molar-refractivity contribution >= 4 is 33.2 Å². The largest absolute Gasteiger partial charge is 0.346 e. The Bertz CT molecular complexity index is 505. The van der Waals surface area contributed by atoms with Crippen molar-refractivity contribution in [1.29, 1.82) is 0 Å². The number of halogens is 1. The molecule has 1 aromatic heterocycles. The quantitative estimate of drug-likeness (QED) is 0.946. The predicted molar refractivity (Wildman–Crippen MR) is 72.2 cm³/mol. The molecule has 1 amide bonds. The van der Waals surface area contributed by atoms with Crippen molar-refractivity contribution in [2.75, 3.05) is 0 Å². The smallest absolute Gasteiger partial charge is 0.251 e. The molecule has 1 aromatic carbocycles. The summed E-state index contributed by atoms with van der Waals surface area (Å²) in [6.07, 6.45) is 1.73. The molecule has 0 aliphatic carbocycles. The lowest BCUT2D eigenvalue weighted by atomic mass is 10.1. The zero-order valence-corrected chi connectivity index (χ0v) is 11.6. The van der Waals surface area contributed by atoms with Crippen molar-refractivity contribution in [3.8, 4) is 0 Å². The van der Waals surface area contributed by atoms with Crippen molar-refractivity contribution < 1.29 is 4.79 Å². The minimum Gasteiger partial charge on any atom is -0.346 e. The second-order valence-electron chi connectivity index (χ2n) is 3.63. The third-order valence-corrected chi connectivity index (χ3v) is 3.43. The number of nitrogens with one attached hydrogen (secondary N) is 1. The van der Waals surface area contributed by atoms with Gasteiger partial charge in [-0.1, -0.05) is 15.9 Å². The van der Waals surface area contributed by atoms with Crippen LogP contribution in [0.5, 0.6) is 0 Å². The zero-order valence-electron chi connectivity index (χ0n) is 9.24. The summed E-state index contributed by atoms with van der Waals surface area (Å²) in [6.45, 7) is 2.43. The van der Waals surface area contributed by atoms with Gasteiger partial charge in [0.15, 0.2) is 0 Å². The Morgan fingerprint density at radius 3 is 2.94 bits per heavy atom. The van der Waals surface area contributed by atoms with E-state index in [0.717, 1.165) is 15.0 Å². The van der Waals surface area contributed by atoms with Crippen LogP contribution < -0.4 is 5.32 Å². The van der Waals surface area contributed by atoms with Crippen molar-refractivity contribution in [2.45, 2.75) is 13.5 Å². The van der Waals surface area contributed by atoms with Gasteiger partial charge in [0.05, 0.1) is 6.54 Å². The normalized spacial score (nSPS) is 10.2. The van der Waals surface area contributed by atoms with Crippen LogP contribution in [0.15, 0.2) is 34.2 Å². The van der Waals surface area contributed by atoms with Crippen LogP contribution >= 0.6 is 27.3 Å². The van der Waals surface area contributed by atoms with E-state index in [1.807, 2.05) is 30.5 Å². The van der Waals surface area contributed by atoms with Crippen LogP contribution in [-0.4, -0.2) is 10.9 Å². The molecule has 0 aliphatic rings. The van der Waals surface area contributed by atoms with Crippen molar-refractivity contribution in [2.24, 2.45) is 0 Å². The van der Waals surface area contributed by atoms with Gasteiger partial charge in [0.25, 0.3) is 5.91 Å². The van der Waals surface area contributed by atoms with Gasteiger partial charge in [-0.05, 0) is 30.7 Å². The van der Waals surface area contributed by atoms with E-state index >= 15 is 0 Å². The zero-order chi connectivity index (χ0) is 12.3. The molecule has 2 aromatic rings. The molecule has 0 bridgehead atoms. The van der Waals surface area contributed by atoms with E-state index < -0.39 is 0 Å². The summed E-state index contributed by atoms with van der Waals surface area (Å²) in [5, 5.41) is 5.65. The number of thiazole rings is 1. The second-order valence-corrected chi connectivity index (χ2v) is 5.52. The highest BCUT2D eigenvalue weighted by Gasteiger charge is 2.07. The molecule has 2 rings (SSSR count). The third kappa shape index (κ3) is 3.38. The molecular formula is C12H11BrN2OS. The van der Waals surface area contributed by atoms with Gasteiger partial charge in [-0.2, -0.15) is 0 Å². The molecule has 0 fully saturated rings. The predicted octanol–water partition coefficient (Wildman–Crippen LogP) is 3.14. The first-order chi connectivity index (χ1) is 8.15. The number of carbonyl (C=O) groups excluding carboxylic acids is 1. The third-order valence-electron chi connectivity index (χ3n) is 2.19. The molecule has 3 nitrogen and oxygen atoms in total. The number of nitrogens with zero attached hydrogens (tertiary/aromatic N) is 1. The van der Waals surface area contributed by atoms with E-state index in [1.54, 1.807) is 6.20 Å². The number of hydrogen-bond acceptors (Lipinski definition) is 3. The molecule has 0 saturated heterocycles. The number of aromatic nitrogens is 1. The van der Waals surface area contributed by atoms with E-state index in [9.17, 15) is 4.79 Å². The molecular weight excluding hydrogens is 300 g/mol. The highest BCUT2D eigenvalue weighted by molar-refractivity contribution is 9.10. The maximum Gasteiger partial charge on any atom is 0.251 e. The fourth-order valence-corrected chi connectivity index (χ4v) is 2.63. The van der Waals surface area contributed by atoms with Crippen LogP contribution in [0.25, 0.3) is 0 Å². The Kier molecular flexibility index (Phi) is 3.91. The molecule has 0 spiro atoms. The highest BCUT2D eigenvalue weighted by Crippen LogP contribution is 2.15. The van der Waals surface area contributed by atoms with E-state index in [2.05, 4.69) is 26.2 Å². The van der Waals surface area contributed by atoms with Crippen molar-refractivity contribution in [1.82, 2.24) is 10.3 Å². The van der Waals surface area contributed by atoms with Crippen molar-refractivity contribution in [3.63, 3.8) is 0 Å². The number of benzene rings is 1. The van der Waals surface area contributed by atoms with Gasteiger partial charge < -0.3 is 5.32 Å². The van der Waals surface area contributed by atoms with E-state index in [0.29, 0.717) is 12.1 Å². The standard InChI is InChI=1S/C12H11BrN2OS/c1-8-4-9(6-10(13)5-8)12(16)15-7-11-14-2-3-17-11/h2-6H,7H2,1H3,(H,15,16). The minimum absolute atomic E-state index is 0.0791. The molecule has 88 valence electrons. The molecule has 0 radical (unpaired) electrons. The van der Waals surface area contributed by atoms with Crippen LogP contribution in [0.2, 0.25) is 0 Å². The molecule has 5 heteroatoms. The van der Waals surface area contributed by atoms with E-state index in [1.165, 1.54) is 11.3 Å². The maximum absolute atomic E-state index is 11.9. The molecule has 0 unspecified atom stereocenters. The Labute approximate surface area is 112 Å². The summed E-state index contributed by atoms with van der Waals surface area (Å²) in [6, 6.07) is 5.64. The summed E-state index contributed by atoms with van der Waals surface area (Å²) in [5.74, 6) is -0.0791. The number of amides is 1. The Morgan fingerprint density at radius 1 is 1.47 bits per heavy atom. The second kappa shape index (κ2) is 5.42. The number of aryl methyl sites for hydroxylation is 1. The Morgan fingerprint density at radius 2 is 2.29 bits per heavy atom. The van der Waals surface area contributed by atoms with Crippen LogP contribution in [0, 0.1) is 6.92 Å². The summed E-state index contributed by atoms with van der Waals surface area (Å²) >= 11 is 4.91. The topological polar surface area (TPSA) is 42.0 Å². The summed E-state index contributed by atoms with van der Waals surface area (Å²) < 4.78 is 0.914. The fourth-order valence-electron chi connectivity index (χ4n) is 1.47. The number of hydrogen-bond donors (Lipinski definition) is 1. The first-order valence-electron chi connectivity index (χ1n) is 5.09. The van der Waals surface area contributed by atoms with Gasteiger partial charge in [-0.25, -0.2) is 4.98 Å². The van der Waals surface area contributed by atoms with Crippen LogP contribution in [-0.2, 0) is 6.54 Å². The van der Waals surface area contributed by atoms with Gasteiger partial charge in [-0.15, -0.1) is 11.3 Å².